The van der Waals surface area contributed by atoms with Gasteiger partial charge in [0.05, 0.1) is 11.5 Å². The molecule has 0 aliphatic carbocycles. The molecule has 0 spiro atoms. The predicted molar refractivity (Wildman–Crippen MR) is 81.9 cm³/mol. The van der Waals surface area contributed by atoms with Crippen molar-refractivity contribution >= 4 is 9.84 Å². The van der Waals surface area contributed by atoms with Crippen LogP contribution in [-0.4, -0.2) is 32.0 Å². The fourth-order valence-electron chi connectivity index (χ4n) is 1.94. The normalized spacial score (nSPS) is 12.8. The Hall–Kier alpha value is -1.85. The Balaban J connectivity index is 1.85. The monoisotopic (exact) mass is 306 g/mol. The zero-order valence-electron chi connectivity index (χ0n) is 11.6. The van der Waals surface area contributed by atoms with Crippen molar-refractivity contribution in [1.82, 2.24) is 0 Å². The second-order valence-electron chi connectivity index (χ2n) is 4.82. The van der Waals surface area contributed by atoms with Crippen molar-refractivity contribution < 1.29 is 18.3 Å². The molecule has 0 radical (unpaired) electrons. The molecule has 0 saturated carbocycles. The van der Waals surface area contributed by atoms with Crippen molar-refractivity contribution in [3.05, 3.63) is 66.2 Å². The molecule has 0 unspecified atom stereocenters. The van der Waals surface area contributed by atoms with E-state index in [2.05, 4.69) is 0 Å². The summed E-state index contributed by atoms with van der Waals surface area (Å²) in [4.78, 5) is 0. The quantitative estimate of drug-likeness (QED) is 0.850. The first kappa shape index (κ1) is 15.5. The van der Waals surface area contributed by atoms with Crippen molar-refractivity contribution in [2.24, 2.45) is 0 Å². The van der Waals surface area contributed by atoms with Crippen molar-refractivity contribution in [2.75, 3.05) is 12.4 Å². The van der Waals surface area contributed by atoms with Gasteiger partial charge in [-0.25, -0.2) is 8.42 Å². The maximum Gasteiger partial charge on any atom is 0.157 e. The van der Waals surface area contributed by atoms with Gasteiger partial charge in [-0.1, -0.05) is 48.5 Å². The molecule has 1 atom stereocenters. The van der Waals surface area contributed by atoms with Crippen LogP contribution in [0.25, 0.3) is 0 Å². The van der Waals surface area contributed by atoms with E-state index in [1.807, 2.05) is 24.3 Å². The average molecular weight is 306 g/mol. The molecule has 0 heterocycles. The van der Waals surface area contributed by atoms with Crippen LogP contribution in [0, 0.1) is 0 Å². The Bertz CT molecular complexity index is 638. The molecule has 2 aromatic rings. The number of sulfone groups is 1. The number of aliphatic hydroxyl groups excluding tert-OH is 1. The van der Waals surface area contributed by atoms with Crippen molar-refractivity contribution in [3.63, 3.8) is 0 Å². The van der Waals surface area contributed by atoms with Gasteiger partial charge in [-0.15, -0.1) is 0 Å². The van der Waals surface area contributed by atoms with Gasteiger partial charge >= 0.3 is 0 Å². The van der Waals surface area contributed by atoms with E-state index in [0.717, 1.165) is 0 Å². The van der Waals surface area contributed by atoms with Crippen LogP contribution in [0.3, 0.4) is 0 Å². The minimum atomic E-state index is -3.37. The Labute approximate surface area is 124 Å². The van der Waals surface area contributed by atoms with E-state index in [4.69, 9.17) is 4.74 Å². The lowest BCUT2D eigenvalue weighted by molar-refractivity contribution is 0.125. The van der Waals surface area contributed by atoms with Gasteiger partial charge in [-0.3, -0.25) is 0 Å². The van der Waals surface area contributed by atoms with E-state index in [-0.39, 0.29) is 18.1 Å². The average Bonchev–Trinajstić information content (AvgIpc) is 2.46. The third-order valence-electron chi connectivity index (χ3n) is 2.86. The number of hydrogen-bond donors (Lipinski definition) is 1. The minimum absolute atomic E-state index is 0.0436. The molecule has 2 rings (SSSR count). The van der Waals surface area contributed by atoms with Crippen LogP contribution in [-0.2, 0) is 15.6 Å². The van der Waals surface area contributed by atoms with Crippen LogP contribution in [0.15, 0.2) is 60.7 Å². The summed E-state index contributed by atoms with van der Waals surface area (Å²) < 4.78 is 29.4. The number of aliphatic hydroxyl groups is 1. The topological polar surface area (TPSA) is 63.6 Å². The summed E-state index contributed by atoms with van der Waals surface area (Å²) >= 11 is 0. The Morgan fingerprint density at radius 3 is 2.14 bits per heavy atom. The van der Waals surface area contributed by atoms with Gasteiger partial charge in [0.25, 0.3) is 0 Å². The fourth-order valence-corrected chi connectivity index (χ4v) is 3.44. The van der Waals surface area contributed by atoms with Gasteiger partial charge in [-0.05, 0) is 17.7 Å². The number of hydrogen-bond acceptors (Lipinski definition) is 4. The summed E-state index contributed by atoms with van der Waals surface area (Å²) in [6, 6.07) is 17.9. The molecule has 1 N–H and O–H groups in total. The standard InChI is InChI=1S/C16H18O4S/c17-15(11-20-16-9-5-2-6-10-16)13-21(18,19)12-14-7-3-1-4-8-14/h1-10,15,17H,11-13H2/t15-/m1/s1. The molecule has 0 aliphatic heterocycles. The van der Waals surface area contributed by atoms with Gasteiger partial charge < -0.3 is 9.84 Å². The molecule has 112 valence electrons. The summed E-state index contributed by atoms with van der Waals surface area (Å²) in [5, 5.41) is 9.82. The highest BCUT2D eigenvalue weighted by atomic mass is 32.2. The summed E-state index contributed by atoms with van der Waals surface area (Å²) in [7, 11) is -3.37. The van der Waals surface area contributed by atoms with Crippen molar-refractivity contribution in [2.45, 2.75) is 11.9 Å². The molecule has 0 aliphatic rings. The number of para-hydroxylation sites is 1. The minimum Gasteiger partial charge on any atom is -0.491 e. The van der Waals surface area contributed by atoms with Crippen molar-refractivity contribution in [1.29, 1.82) is 0 Å². The SMILES string of the molecule is O=S(=O)(Cc1ccccc1)C[C@H](O)COc1ccccc1. The molecular formula is C16H18O4S. The number of ether oxygens (including phenoxy) is 1. The maximum absolute atomic E-state index is 12.0. The van der Waals surface area contributed by atoms with Crippen LogP contribution >= 0.6 is 0 Å². The van der Waals surface area contributed by atoms with Gasteiger partial charge in [0, 0.05) is 0 Å². The van der Waals surface area contributed by atoms with Crippen LogP contribution in [0.1, 0.15) is 5.56 Å². The maximum atomic E-state index is 12.0. The van der Waals surface area contributed by atoms with Crippen LogP contribution in [0.2, 0.25) is 0 Å². The Morgan fingerprint density at radius 1 is 0.952 bits per heavy atom. The third kappa shape index (κ3) is 5.57. The van der Waals surface area contributed by atoms with Gasteiger partial charge in [-0.2, -0.15) is 0 Å². The van der Waals surface area contributed by atoms with E-state index in [1.54, 1.807) is 36.4 Å². The molecule has 21 heavy (non-hydrogen) atoms. The molecule has 0 saturated heterocycles. The Kier molecular flexibility index (Phi) is 5.36. The first-order valence-corrected chi connectivity index (χ1v) is 8.47. The van der Waals surface area contributed by atoms with Gasteiger partial charge in [0.2, 0.25) is 0 Å². The zero-order valence-corrected chi connectivity index (χ0v) is 12.4. The zero-order chi connectivity index (χ0) is 15.1. The third-order valence-corrected chi connectivity index (χ3v) is 4.53. The van der Waals surface area contributed by atoms with E-state index in [0.29, 0.717) is 11.3 Å². The highest BCUT2D eigenvalue weighted by Crippen LogP contribution is 2.11. The summed E-state index contributed by atoms with van der Waals surface area (Å²) in [6.45, 7) is -0.0436. The molecule has 5 heteroatoms. The lowest BCUT2D eigenvalue weighted by Crippen LogP contribution is -2.27. The smallest absolute Gasteiger partial charge is 0.157 e. The molecule has 0 aromatic heterocycles. The van der Waals surface area contributed by atoms with Gasteiger partial charge in [0.1, 0.15) is 18.5 Å². The lowest BCUT2D eigenvalue weighted by Gasteiger charge is -2.12. The summed E-state index contributed by atoms with van der Waals surface area (Å²) in [5.41, 5.74) is 0.716. The second-order valence-corrected chi connectivity index (χ2v) is 6.93. The van der Waals surface area contributed by atoms with E-state index in [1.165, 1.54) is 0 Å². The van der Waals surface area contributed by atoms with Crippen LogP contribution in [0.5, 0.6) is 5.75 Å². The van der Waals surface area contributed by atoms with E-state index in [9.17, 15) is 13.5 Å². The van der Waals surface area contributed by atoms with Crippen molar-refractivity contribution in [3.8, 4) is 5.75 Å². The summed E-state index contributed by atoms with van der Waals surface area (Å²) in [6.07, 6.45) is -1.04. The molecule has 2 aromatic carbocycles. The first-order valence-electron chi connectivity index (χ1n) is 6.65. The van der Waals surface area contributed by atoms with E-state index >= 15 is 0 Å². The highest BCUT2D eigenvalue weighted by Gasteiger charge is 2.18. The lowest BCUT2D eigenvalue weighted by atomic mass is 10.2. The molecule has 0 bridgehead atoms. The summed E-state index contributed by atoms with van der Waals surface area (Å²) in [5.74, 6) is 0.224. The van der Waals surface area contributed by atoms with Gasteiger partial charge in [0.15, 0.2) is 9.84 Å². The Morgan fingerprint density at radius 2 is 1.52 bits per heavy atom. The number of rotatable bonds is 7. The molecular weight excluding hydrogens is 288 g/mol. The first-order chi connectivity index (χ1) is 10.1. The largest absolute Gasteiger partial charge is 0.491 e. The van der Waals surface area contributed by atoms with Crippen LogP contribution in [0.4, 0.5) is 0 Å². The molecule has 0 amide bonds. The predicted octanol–water partition coefficient (Wildman–Crippen LogP) is 2.04. The highest BCUT2D eigenvalue weighted by molar-refractivity contribution is 7.90. The molecule has 4 nitrogen and oxygen atoms in total. The van der Waals surface area contributed by atoms with E-state index < -0.39 is 15.9 Å². The second kappa shape index (κ2) is 7.24. The number of benzene rings is 2. The fraction of sp³-hybridized carbons (Fsp3) is 0.250. The molecule has 0 fully saturated rings. The van der Waals surface area contributed by atoms with Crippen LogP contribution < -0.4 is 4.74 Å².